The number of urea groups is 1. The molecule has 5 rings (SSSR count). The first-order valence-corrected chi connectivity index (χ1v) is 11.2. The van der Waals surface area contributed by atoms with Crippen LogP contribution < -0.4 is 10.6 Å². The molecule has 1 atom stereocenters. The van der Waals surface area contributed by atoms with Gasteiger partial charge in [0.25, 0.3) is 5.91 Å². The maximum atomic E-state index is 13.2. The van der Waals surface area contributed by atoms with Gasteiger partial charge in [-0.05, 0) is 58.9 Å². The van der Waals surface area contributed by atoms with Gasteiger partial charge >= 0.3 is 6.03 Å². The van der Waals surface area contributed by atoms with Crippen molar-refractivity contribution in [2.24, 2.45) is 0 Å². The number of imide groups is 1. The molecule has 1 unspecified atom stereocenters. The van der Waals surface area contributed by atoms with Gasteiger partial charge in [-0.15, -0.1) is 5.10 Å². The van der Waals surface area contributed by atoms with E-state index in [1.165, 1.54) is 11.8 Å². The molecule has 1 aliphatic carbocycles. The van der Waals surface area contributed by atoms with Crippen LogP contribution >= 0.6 is 11.8 Å². The van der Waals surface area contributed by atoms with E-state index < -0.39 is 23.4 Å². The van der Waals surface area contributed by atoms with Gasteiger partial charge in [0.1, 0.15) is 12.1 Å². The number of nitrogens with zero attached hydrogens (tertiary/aromatic N) is 5. The van der Waals surface area contributed by atoms with Crippen molar-refractivity contribution < 1.29 is 14.4 Å². The van der Waals surface area contributed by atoms with Crippen molar-refractivity contribution in [2.45, 2.75) is 23.5 Å². The zero-order chi connectivity index (χ0) is 22.3. The van der Waals surface area contributed by atoms with Gasteiger partial charge in [-0.3, -0.25) is 14.5 Å². The van der Waals surface area contributed by atoms with Crippen LogP contribution in [0.4, 0.5) is 10.5 Å². The number of rotatable bonds is 5. The number of carbonyl (C=O) groups is 3. The SMILES string of the molecule is CSc1nnnn1-c1cccc(NC(=O)CN2C(=O)NC3(CCc4ccccc43)C2=O)c1. The molecule has 1 saturated heterocycles. The lowest BCUT2D eigenvalue weighted by molar-refractivity contribution is -0.134. The van der Waals surface area contributed by atoms with E-state index in [0.717, 1.165) is 16.0 Å². The van der Waals surface area contributed by atoms with Gasteiger partial charge in [-0.2, -0.15) is 4.68 Å². The summed E-state index contributed by atoms with van der Waals surface area (Å²) in [5.74, 6) is -0.870. The van der Waals surface area contributed by atoms with Gasteiger partial charge in [0.2, 0.25) is 11.1 Å². The molecule has 2 N–H and O–H groups in total. The Balaban J connectivity index is 1.32. The zero-order valence-corrected chi connectivity index (χ0v) is 17.9. The largest absolute Gasteiger partial charge is 0.325 e. The third kappa shape index (κ3) is 3.21. The molecule has 0 saturated carbocycles. The molecule has 1 fully saturated rings. The minimum atomic E-state index is -1.08. The number of aryl methyl sites for hydroxylation is 1. The van der Waals surface area contributed by atoms with Gasteiger partial charge in [0.15, 0.2) is 0 Å². The summed E-state index contributed by atoms with van der Waals surface area (Å²) in [5, 5.41) is 17.7. The smallest absolute Gasteiger partial charge is 0.324 e. The summed E-state index contributed by atoms with van der Waals surface area (Å²) in [6.45, 7) is -0.375. The number of anilines is 1. The summed E-state index contributed by atoms with van der Waals surface area (Å²) in [7, 11) is 0. The molecular formula is C21H19N7O3S. The highest BCUT2D eigenvalue weighted by Gasteiger charge is 2.55. The first kappa shape index (κ1) is 20.2. The molecule has 162 valence electrons. The first-order valence-electron chi connectivity index (χ1n) is 9.97. The van der Waals surface area contributed by atoms with E-state index in [4.69, 9.17) is 0 Å². The maximum absolute atomic E-state index is 13.2. The normalized spacial score (nSPS) is 19.3. The van der Waals surface area contributed by atoms with Crippen molar-refractivity contribution in [2.75, 3.05) is 18.1 Å². The van der Waals surface area contributed by atoms with E-state index in [0.29, 0.717) is 29.4 Å². The Morgan fingerprint density at radius 2 is 2.06 bits per heavy atom. The van der Waals surface area contributed by atoms with Crippen LogP contribution in [-0.4, -0.2) is 55.8 Å². The number of tetrazole rings is 1. The fourth-order valence-corrected chi connectivity index (χ4v) is 4.69. The number of benzene rings is 2. The summed E-state index contributed by atoms with van der Waals surface area (Å²) < 4.78 is 1.55. The van der Waals surface area contributed by atoms with E-state index in [1.54, 1.807) is 22.9 Å². The van der Waals surface area contributed by atoms with E-state index >= 15 is 0 Å². The lowest BCUT2D eigenvalue weighted by Crippen LogP contribution is -2.43. The number of thioether (sulfide) groups is 1. The van der Waals surface area contributed by atoms with Crippen LogP contribution in [0.15, 0.2) is 53.7 Å². The van der Waals surface area contributed by atoms with Crippen molar-refractivity contribution in [1.29, 1.82) is 0 Å². The highest BCUT2D eigenvalue weighted by Crippen LogP contribution is 2.41. The third-order valence-electron chi connectivity index (χ3n) is 5.72. The van der Waals surface area contributed by atoms with E-state index in [1.807, 2.05) is 36.6 Å². The number of carbonyl (C=O) groups excluding carboxylic acids is 3. The molecule has 4 amide bonds. The Morgan fingerprint density at radius 1 is 1.22 bits per heavy atom. The van der Waals surface area contributed by atoms with Crippen LogP contribution in [0.5, 0.6) is 0 Å². The average molecular weight is 449 g/mol. The summed E-state index contributed by atoms with van der Waals surface area (Å²) in [6, 6.07) is 14.0. The maximum Gasteiger partial charge on any atom is 0.325 e. The Labute approximate surface area is 187 Å². The van der Waals surface area contributed by atoms with Crippen LogP contribution in [-0.2, 0) is 21.5 Å². The Morgan fingerprint density at radius 3 is 2.91 bits per heavy atom. The zero-order valence-electron chi connectivity index (χ0n) is 17.1. The second kappa shape index (κ2) is 7.75. The summed E-state index contributed by atoms with van der Waals surface area (Å²) >= 11 is 1.39. The molecule has 0 bridgehead atoms. The van der Waals surface area contributed by atoms with Gasteiger partial charge in [-0.25, -0.2) is 4.79 Å². The highest BCUT2D eigenvalue weighted by molar-refractivity contribution is 7.98. The van der Waals surface area contributed by atoms with E-state index in [9.17, 15) is 14.4 Å². The molecule has 3 aromatic rings. The van der Waals surface area contributed by atoms with Crippen LogP contribution in [0.2, 0.25) is 0 Å². The van der Waals surface area contributed by atoms with Crippen molar-refractivity contribution in [3.63, 3.8) is 0 Å². The summed E-state index contributed by atoms with van der Waals surface area (Å²) in [6.07, 6.45) is 3.05. The molecule has 2 aromatic carbocycles. The molecule has 0 radical (unpaired) electrons. The monoisotopic (exact) mass is 449 g/mol. The number of nitrogens with one attached hydrogen (secondary N) is 2. The predicted molar refractivity (Wildman–Crippen MR) is 116 cm³/mol. The Hall–Kier alpha value is -3.73. The van der Waals surface area contributed by atoms with Gasteiger partial charge < -0.3 is 10.6 Å². The minimum absolute atomic E-state index is 0.375. The topological polar surface area (TPSA) is 122 Å². The summed E-state index contributed by atoms with van der Waals surface area (Å²) in [5.41, 5.74) is 1.94. The minimum Gasteiger partial charge on any atom is -0.324 e. The van der Waals surface area contributed by atoms with Gasteiger partial charge in [0, 0.05) is 5.69 Å². The first-order chi connectivity index (χ1) is 15.5. The second-order valence-corrected chi connectivity index (χ2v) is 8.33. The molecular weight excluding hydrogens is 430 g/mol. The molecule has 2 aliphatic rings. The number of hydrogen-bond donors (Lipinski definition) is 2. The molecule has 10 nitrogen and oxygen atoms in total. The summed E-state index contributed by atoms with van der Waals surface area (Å²) in [4.78, 5) is 39.5. The fraction of sp³-hybridized carbons (Fsp3) is 0.238. The third-order valence-corrected chi connectivity index (χ3v) is 6.34. The lowest BCUT2D eigenvalue weighted by Gasteiger charge is -2.22. The fourth-order valence-electron chi connectivity index (χ4n) is 4.26. The number of hydrogen-bond acceptors (Lipinski definition) is 7. The molecule has 1 spiro atoms. The van der Waals surface area contributed by atoms with Gasteiger partial charge in [0.05, 0.1) is 5.69 Å². The number of amides is 4. The molecule has 1 aromatic heterocycles. The van der Waals surface area contributed by atoms with E-state index in [2.05, 4.69) is 26.2 Å². The van der Waals surface area contributed by atoms with Crippen molar-refractivity contribution in [3.05, 3.63) is 59.7 Å². The lowest BCUT2D eigenvalue weighted by atomic mass is 9.92. The van der Waals surface area contributed by atoms with Crippen LogP contribution in [0.25, 0.3) is 5.69 Å². The standard InChI is InChI=1S/C21H19N7O3S/c1-32-20-24-25-26-28(20)15-7-4-6-14(11-15)22-17(29)12-27-18(30)21(23-19(27)31)10-9-13-5-2-3-8-16(13)21/h2-8,11H,9-10,12H2,1H3,(H,22,29)(H,23,31). The van der Waals surface area contributed by atoms with Crippen LogP contribution in [0, 0.1) is 0 Å². The molecule has 1 aliphatic heterocycles. The second-order valence-electron chi connectivity index (χ2n) is 7.56. The number of fused-ring (bicyclic) bond motifs is 2. The van der Waals surface area contributed by atoms with Crippen LogP contribution in [0.1, 0.15) is 17.5 Å². The van der Waals surface area contributed by atoms with Crippen molar-refractivity contribution >= 4 is 35.3 Å². The molecule has 32 heavy (non-hydrogen) atoms. The van der Waals surface area contributed by atoms with Crippen molar-refractivity contribution in [3.8, 4) is 5.69 Å². The average Bonchev–Trinajstić information content (AvgIpc) is 3.48. The Kier molecular flexibility index (Phi) is 4.89. The molecule has 2 heterocycles. The number of aromatic nitrogens is 4. The highest BCUT2D eigenvalue weighted by atomic mass is 32.2. The predicted octanol–water partition coefficient (Wildman–Crippen LogP) is 1.72. The van der Waals surface area contributed by atoms with Gasteiger partial charge in [-0.1, -0.05) is 42.1 Å². The molecule has 11 heteroatoms. The Bertz CT molecular complexity index is 1240. The van der Waals surface area contributed by atoms with Crippen LogP contribution in [0.3, 0.4) is 0 Å². The van der Waals surface area contributed by atoms with E-state index in [-0.39, 0.29) is 6.54 Å². The van der Waals surface area contributed by atoms with Crippen molar-refractivity contribution in [1.82, 2.24) is 30.4 Å². The quantitative estimate of drug-likeness (QED) is 0.449.